The molecule has 1 heterocycles. The molecule has 102 valence electrons. The minimum Gasteiger partial charge on any atom is -0.462 e. The van der Waals surface area contributed by atoms with Crippen molar-refractivity contribution in [2.45, 2.75) is 18.9 Å². The van der Waals surface area contributed by atoms with Gasteiger partial charge < -0.3 is 10.5 Å². The van der Waals surface area contributed by atoms with E-state index in [4.69, 9.17) is 17.3 Å². The maximum absolute atomic E-state index is 13.6. The number of pyridine rings is 1. The van der Waals surface area contributed by atoms with Gasteiger partial charge in [-0.05, 0) is 13.0 Å². The first-order valence-corrected chi connectivity index (χ1v) is 5.20. The molecule has 0 spiro atoms. The summed E-state index contributed by atoms with van der Waals surface area (Å²) < 4.78 is 31.4. The number of halogens is 4. The summed E-state index contributed by atoms with van der Waals surface area (Å²) in [5.74, 6) is -5.52. The van der Waals surface area contributed by atoms with E-state index in [0.717, 1.165) is 0 Å². The fourth-order valence-corrected chi connectivity index (χ4v) is 1.42. The fraction of sp³-hybridized carbons (Fsp3) is 0.400. The molecule has 8 heteroatoms. The topological polar surface area (TPSA) is 65.2 Å². The van der Waals surface area contributed by atoms with Crippen LogP contribution < -0.4 is 5.73 Å². The average molecular weight is 301 g/mol. The lowest BCUT2D eigenvalue weighted by Crippen LogP contribution is -2.41. The van der Waals surface area contributed by atoms with Crippen LogP contribution in [0.15, 0.2) is 18.3 Å². The van der Waals surface area contributed by atoms with Crippen LogP contribution in [0.1, 0.15) is 18.5 Å². The summed E-state index contributed by atoms with van der Waals surface area (Å²) in [6.07, 6.45) is 1.33. The minimum atomic E-state index is -3.84. The Morgan fingerprint density at radius 1 is 1.67 bits per heavy atom. The van der Waals surface area contributed by atoms with Crippen LogP contribution in [0.3, 0.4) is 0 Å². The second-order valence-corrected chi connectivity index (χ2v) is 3.56. The standard InChI is InChI=1S/C10H11ClF2N2O2.ClH/c1-2-17-9(16)10(12,13)7(14)6-4-3-5-15-8(6)11;/h3-5,7H,2,14H2,1H3;1H/t7-;/m0./s1. The van der Waals surface area contributed by atoms with Gasteiger partial charge in [0.15, 0.2) is 0 Å². The Hall–Kier alpha value is -0.980. The number of esters is 1. The first-order valence-electron chi connectivity index (χ1n) is 4.82. The van der Waals surface area contributed by atoms with Crippen molar-refractivity contribution < 1.29 is 18.3 Å². The van der Waals surface area contributed by atoms with Crippen LogP contribution in [0.4, 0.5) is 8.78 Å². The molecule has 0 fully saturated rings. The molecule has 1 aromatic rings. The van der Waals surface area contributed by atoms with E-state index in [1.54, 1.807) is 0 Å². The van der Waals surface area contributed by atoms with E-state index in [2.05, 4.69) is 9.72 Å². The Morgan fingerprint density at radius 3 is 2.78 bits per heavy atom. The van der Waals surface area contributed by atoms with Crippen molar-refractivity contribution in [1.82, 2.24) is 4.98 Å². The highest BCUT2D eigenvalue weighted by Crippen LogP contribution is 2.33. The summed E-state index contributed by atoms with van der Waals surface area (Å²) in [6, 6.07) is 0.804. The van der Waals surface area contributed by atoms with Gasteiger partial charge in [0.05, 0.1) is 6.61 Å². The van der Waals surface area contributed by atoms with Crippen LogP contribution in [0.25, 0.3) is 0 Å². The summed E-state index contributed by atoms with van der Waals surface area (Å²) in [6.45, 7) is 1.28. The lowest BCUT2D eigenvalue weighted by atomic mass is 10.0. The van der Waals surface area contributed by atoms with Gasteiger partial charge in [0.25, 0.3) is 0 Å². The number of rotatable bonds is 4. The van der Waals surface area contributed by atoms with E-state index < -0.39 is 17.9 Å². The van der Waals surface area contributed by atoms with Crippen molar-refractivity contribution >= 4 is 30.0 Å². The Labute approximate surface area is 114 Å². The van der Waals surface area contributed by atoms with Crippen molar-refractivity contribution in [2.75, 3.05) is 6.61 Å². The summed E-state index contributed by atoms with van der Waals surface area (Å²) in [5.41, 5.74) is 5.23. The number of nitrogens with zero attached hydrogens (tertiary/aromatic N) is 1. The Bertz CT molecular complexity index is 419. The number of aromatic nitrogens is 1. The van der Waals surface area contributed by atoms with Crippen LogP contribution in [0.2, 0.25) is 5.15 Å². The molecule has 18 heavy (non-hydrogen) atoms. The number of carbonyl (C=O) groups is 1. The van der Waals surface area contributed by atoms with Crippen molar-refractivity contribution in [3.8, 4) is 0 Å². The van der Waals surface area contributed by atoms with Crippen LogP contribution in [-0.4, -0.2) is 23.5 Å². The molecule has 0 aliphatic carbocycles. The molecule has 0 aliphatic heterocycles. The zero-order chi connectivity index (χ0) is 13.1. The Morgan fingerprint density at radius 2 is 2.28 bits per heavy atom. The van der Waals surface area contributed by atoms with Crippen molar-refractivity contribution in [2.24, 2.45) is 5.73 Å². The van der Waals surface area contributed by atoms with E-state index in [1.165, 1.54) is 25.3 Å². The van der Waals surface area contributed by atoms with Gasteiger partial charge in [-0.3, -0.25) is 0 Å². The molecule has 2 N–H and O–H groups in total. The third-order valence-corrected chi connectivity index (χ3v) is 2.38. The van der Waals surface area contributed by atoms with Gasteiger partial charge in [-0.2, -0.15) is 8.78 Å². The highest BCUT2D eigenvalue weighted by molar-refractivity contribution is 6.30. The molecule has 0 aliphatic rings. The second kappa shape index (κ2) is 6.82. The molecule has 0 radical (unpaired) electrons. The van der Waals surface area contributed by atoms with Crippen LogP contribution in [0.5, 0.6) is 0 Å². The maximum Gasteiger partial charge on any atom is 0.379 e. The van der Waals surface area contributed by atoms with Crippen LogP contribution in [-0.2, 0) is 9.53 Å². The Kier molecular flexibility index (Phi) is 6.45. The van der Waals surface area contributed by atoms with Gasteiger partial charge in [-0.15, -0.1) is 12.4 Å². The predicted octanol–water partition coefficient (Wildman–Crippen LogP) is 2.35. The lowest BCUT2D eigenvalue weighted by Gasteiger charge is -2.22. The molecule has 0 saturated carbocycles. The quantitative estimate of drug-likeness (QED) is 0.685. The number of hydrogen-bond donors (Lipinski definition) is 1. The zero-order valence-electron chi connectivity index (χ0n) is 9.40. The minimum absolute atomic E-state index is 0. The molecule has 1 aromatic heterocycles. The first kappa shape index (κ1) is 17.0. The Balaban J connectivity index is 0.00000289. The molecule has 0 saturated heterocycles. The molecule has 0 aromatic carbocycles. The van der Waals surface area contributed by atoms with Crippen molar-refractivity contribution in [3.05, 3.63) is 29.0 Å². The third-order valence-electron chi connectivity index (χ3n) is 2.06. The number of hydrogen-bond acceptors (Lipinski definition) is 4. The normalized spacial score (nSPS) is 12.5. The van der Waals surface area contributed by atoms with E-state index in [0.29, 0.717) is 0 Å². The monoisotopic (exact) mass is 300 g/mol. The van der Waals surface area contributed by atoms with E-state index in [1.807, 2.05) is 0 Å². The fourth-order valence-electron chi connectivity index (χ4n) is 1.18. The molecule has 0 amide bonds. The van der Waals surface area contributed by atoms with Gasteiger partial charge >= 0.3 is 11.9 Å². The molecule has 0 bridgehead atoms. The summed E-state index contributed by atoms with van der Waals surface area (Å²) in [4.78, 5) is 14.7. The second-order valence-electron chi connectivity index (χ2n) is 3.20. The number of carbonyl (C=O) groups excluding carboxylic acids is 1. The van der Waals surface area contributed by atoms with E-state index >= 15 is 0 Å². The first-order chi connectivity index (χ1) is 7.91. The van der Waals surface area contributed by atoms with E-state index in [9.17, 15) is 13.6 Å². The zero-order valence-corrected chi connectivity index (χ0v) is 11.0. The average Bonchev–Trinajstić information content (AvgIpc) is 2.29. The number of ether oxygens (including phenoxy) is 1. The van der Waals surface area contributed by atoms with E-state index in [-0.39, 0.29) is 29.7 Å². The molecule has 1 atom stereocenters. The summed E-state index contributed by atoms with van der Waals surface area (Å²) >= 11 is 5.63. The van der Waals surface area contributed by atoms with Gasteiger partial charge in [-0.1, -0.05) is 17.7 Å². The smallest absolute Gasteiger partial charge is 0.379 e. The summed E-state index contributed by atoms with van der Waals surface area (Å²) in [5, 5.41) is -0.163. The highest BCUT2D eigenvalue weighted by atomic mass is 35.5. The molecule has 0 unspecified atom stereocenters. The van der Waals surface area contributed by atoms with Crippen molar-refractivity contribution in [1.29, 1.82) is 0 Å². The number of alkyl halides is 2. The van der Waals surface area contributed by atoms with Gasteiger partial charge in [0.1, 0.15) is 11.2 Å². The molecule has 1 rings (SSSR count). The lowest BCUT2D eigenvalue weighted by molar-refractivity contribution is -0.174. The summed E-state index contributed by atoms with van der Waals surface area (Å²) in [7, 11) is 0. The van der Waals surface area contributed by atoms with Gasteiger partial charge in [0.2, 0.25) is 0 Å². The SMILES string of the molecule is CCOC(=O)C(F)(F)[C@@H](N)c1cccnc1Cl.Cl. The largest absolute Gasteiger partial charge is 0.462 e. The maximum atomic E-state index is 13.6. The molecular formula is C10H12Cl2F2N2O2. The number of nitrogens with two attached hydrogens (primary N) is 1. The van der Waals surface area contributed by atoms with Crippen molar-refractivity contribution in [3.63, 3.8) is 0 Å². The predicted molar refractivity (Wildman–Crippen MR) is 65.0 cm³/mol. The van der Waals surface area contributed by atoms with Gasteiger partial charge in [0, 0.05) is 11.8 Å². The van der Waals surface area contributed by atoms with Crippen LogP contribution >= 0.6 is 24.0 Å². The van der Waals surface area contributed by atoms with Crippen LogP contribution in [0, 0.1) is 0 Å². The van der Waals surface area contributed by atoms with Gasteiger partial charge in [-0.25, -0.2) is 9.78 Å². The third kappa shape index (κ3) is 3.51. The molecular weight excluding hydrogens is 289 g/mol. The highest BCUT2D eigenvalue weighted by Gasteiger charge is 2.48. The molecule has 4 nitrogen and oxygen atoms in total.